The SMILES string of the molecule is CC1CN(C(=O)c2ccc(-c3nc4ccc(F)cc4o3)cc2)CCN1C(=O)C1(N)CC1. The number of halogens is 1. The van der Waals surface area contributed by atoms with Crippen molar-refractivity contribution in [3.63, 3.8) is 0 Å². The number of nitrogens with zero attached hydrogens (tertiary/aromatic N) is 3. The van der Waals surface area contributed by atoms with Crippen LogP contribution in [0.25, 0.3) is 22.6 Å². The Morgan fingerprint density at radius 2 is 1.90 bits per heavy atom. The number of piperazine rings is 1. The van der Waals surface area contributed by atoms with E-state index in [1.54, 1.807) is 40.1 Å². The first-order valence-corrected chi connectivity index (χ1v) is 10.4. The molecule has 160 valence electrons. The number of benzene rings is 2. The van der Waals surface area contributed by atoms with E-state index in [2.05, 4.69) is 4.98 Å². The summed E-state index contributed by atoms with van der Waals surface area (Å²) in [6, 6.07) is 11.1. The molecule has 2 aromatic carbocycles. The van der Waals surface area contributed by atoms with Crippen molar-refractivity contribution in [3.8, 4) is 11.5 Å². The first kappa shape index (κ1) is 19.7. The van der Waals surface area contributed by atoms with Crippen LogP contribution in [0.15, 0.2) is 46.9 Å². The summed E-state index contributed by atoms with van der Waals surface area (Å²) in [6.07, 6.45) is 1.47. The Bertz CT molecular complexity index is 1170. The maximum absolute atomic E-state index is 13.4. The lowest BCUT2D eigenvalue weighted by molar-refractivity contribution is -0.137. The summed E-state index contributed by atoms with van der Waals surface area (Å²) >= 11 is 0. The molecule has 7 nitrogen and oxygen atoms in total. The van der Waals surface area contributed by atoms with Gasteiger partial charge in [-0.3, -0.25) is 9.59 Å². The Morgan fingerprint density at radius 1 is 1.16 bits per heavy atom. The molecule has 31 heavy (non-hydrogen) atoms. The summed E-state index contributed by atoms with van der Waals surface area (Å²) in [5.41, 5.74) is 7.58. The van der Waals surface area contributed by atoms with Crippen LogP contribution in [0.2, 0.25) is 0 Å². The van der Waals surface area contributed by atoms with Crippen LogP contribution in [-0.2, 0) is 4.79 Å². The van der Waals surface area contributed by atoms with Gasteiger partial charge in [0.1, 0.15) is 11.3 Å². The molecule has 1 atom stereocenters. The molecular formula is C23H23FN4O3. The molecule has 0 spiro atoms. The Balaban J connectivity index is 1.28. The zero-order valence-corrected chi connectivity index (χ0v) is 17.2. The van der Waals surface area contributed by atoms with Crippen LogP contribution in [0.1, 0.15) is 30.1 Å². The minimum absolute atomic E-state index is 0.00494. The van der Waals surface area contributed by atoms with Crippen LogP contribution in [0, 0.1) is 5.82 Å². The topological polar surface area (TPSA) is 92.7 Å². The molecular weight excluding hydrogens is 399 g/mol. The fourth-order valence-electron chi connectivity index (χ4n) is 4.04. The van der Waals surface area contributed by atoms with E-state index in [1.165, 1.54) is 12.1 Å². The van der Waals surface area contributed by atoms with E-state index in [0.717, 1.165) is 12.8 Å². The number of hydrogen-bond acceptors (Lipinski definition) is 5. The lowest BCUT2D eigenvalue weighted by Crippen LogP contribution is -2.59. The van der Waals surface area contributed by atoms with Gasteiger partial charge in [-0.25, -0.2) is 9.37 Å². The predicted octanol–water partition coefficient (Wildman–Crippen LogP) is 2.80. The van der Waals surface area contributed by atoms with Gasteiger partial charge < -0.3 is 20.0 Å². The zero-order valence-electron chi connectivity index (χ0n) is 17.2. The van der Waals surface area contributed by atoms with Gasteiger partial charge in [0.2, 0.25) is 11.8 Å². The van der Waals surface area contributed by atoms with E-state index in [4.69, 9.17) is 10.2 Å². The maximum atomic E-state index is 13.4. The highest BCUT2D eigenvalue weighted by Gasteiger charge is 2.49. The van der Waals surface area contributed by atoms with Crippen molar-refractivity contribution >= 4 is 22.9 Å². The van der Waals surface area contributed by atoms with Crippen LogP contribution in [0.5, 0.6) is 0 Å². The minimum atomic E-state index is -0.688. The van der Waals surface area contributed by atoms with Crippen molar-refractivity contribution in [2.75, 3.05) is 19.6 Å². The van der Waals surface area contributed by atoms with Crippen LogP contribution < -0.4 is 5.73 Å². The summed E-state index contributed by atoms with van der Waals surface area (Å²) < 4.78 is 19.0. The number of oxazole rings is 1. The van der Waals surface area contributed by atoms with Crippen molar-refractivity contribution in [2.24, 2.45) is 5.73 Å². The second kappa shape index (κ2) is 7.16. The van der Waals surface area contributed by atoms with Gasteiger partial charge in [0, 0.05) is 42.9 Å². The number of amides is 2. The van der Waals surface area contributed by atoms with Crippen LogP contribution in [-0.4, -0.2) is 57.8 Å². The highest BCUT2D eigenvalue weighted by Crippen LogP contribution is 2.35. The van der Waals surface area contributed by atoms with Crippen LogP contribution in [0.4, 0.5) is 4.39 Å². The van der Waals surface area contributed by atoms with E-state index in [9.17, 15) is 14.0 Å². The van der Waals surface area contributed by atoms with Gasteiger partial charge in [0.05, 0.1) is 5.54 Å². The molecule has 1 saturated heterocycles. The standard InChI is InChI=1S/C23H23FN4O3/c1-14-13-27(10-11-28(14)22(30)23(25)8-9-23)21(29)16-4-2-15(3-5-16)20-26-18-7-6-17(24)12-19(18)31-20/h2-7,12,14H,8-11,13,25H2,1H3. The van der Waals surface area contributed by atoms with E-state index < -0.39 is 5.54 Å². The minimum Gasteiger partial charge on any atom is -0.436 e. The predicted molar refractivity (Wildman–Crippen MR) is 113 cm³/mol. The summed E-state index contributed by atoms with van der Waals surface area (Å²) in [6.45, 7) is 3.38. The molecule has 1 unspecified atom stereocenters. The summed E-state index contributed by atoms with van der Waals surface area (Å²) in [4.78, 5) is 33.5. The average Bonchev–Trinajstić information content (AvgIpc) is 3.38. The molecule has 2 heterocycles. The Labute approximate surface area is 178 Å². The quantitative estimate of drug-likeness (QED) is 0.701. The summed E-state index contributed by atoms with van der Waals surface area (Å²) in [5.74, 6) is -0.101. The molecule has 0 radical (unpaired) electrons. The van der Waals surface area contributed by atoms with Gasteiger partial charge in [-0.15, -0.1) is 0 Å². The van der Waals surface area contributed by atoms with Crippen molar-refractivity contribution in [1.82, 2.24) is 14.8 Å². The Morgan fingerprint density at radius 3 is 2.58 bits per heavy atom. The molecule has 1 aliphatic heterocycles. The smallest absolute Gasteiger partial charge is 0.253 e. The molecule has 2 aliphatic rings. The van der Waals surface area contributed by atoms with E-state index in [0.29, 0.717) is 47.8 Å². The van der Waals surface area contributed by atoms with Gasteiger partial charge >= 0.3 is 0 Å². The molecule has 2 fully saturated rings. The van der Waals surface area contributed by atoms with Gasteiger partial charge in [-0.1, -0.05) is 0 Å². The Hall–Kier alpha value is -3.26. The normalized spacial score (nSPS) is 20.2. The van der Waals surface area contributed by atoms with Gasteiger partial charge in [-0.2, -0.15) is 0 Å². The first-order chi connectivity index (χ1) is 14.8. The lowest BCUT2D eigenvalue weighted by Gasteiger charge is -2.41. The number of nitrogens with two attached hydrogens (primary N) is 1. The summed E-state index contributed by atoms with van der Waals surface area (Å²) in [5, 5.41) is 0. The third-order valence-electron chi connectivity index (χ3n) is 6.12. The Kier molecular flexibility index (Phi) is 4.55. The second-order valence-electron chi connectivity index (χ2n) is 8.46. The maximum Gasteiger partial charge on any atom is 0.253 e. The zero-order chi connectivity index (χ0) is 21.8. The van der Waals surface area contributed by atoms with E-state index in [-0.39, 0.29) is 23.7 Å². The molecule has 2 amide bonds. The average molecular weight is 422 g/mol. The number of hydrogen-bond donors (Lipinski definition) is 1. The van der Waals surface area contributed by atoms with Crippen LogP contribution >= 0.6 is 0 Å². The molecule has 8 heteroatoms. The number of aromatic nitrogens is 1. The fraction of sp³-hybridized carbons (Fsp3) is 0.348. The van der Waals surface area contributed by atoms with Gasteiger partial charge in [0.15, 0.2) is 5.58 Å². The van der Waals surface area contributed by atoms with E-state index >= 15 is 0 Å². The lowest BCUT2D eigenvalue weighted by atomic mass is 10.1. The molecule has 1 saturated carbocycles. The first-order valence-electron chi connectivity index (χ1n) is 10.4. The number of rotatable bonds is 3. The number of carbonyl (C=O) groups is 2. The molecule has 1 aliphatic carbocycles. The van der Waals surface area contributed by atoms with Crippen molar-refractivity contribution in [2.45, 2.75) is 31.3 Å². The van der Waals surface area contributed by atoms with E-state index in [1.807, 2.05) is 6.92 Å². The van der Waals surface area contributed by atoms with Gasteiger partial charge in [0.25, 0.3) is 5.91 Å². The third-order valence-corrected chi connectivity index (χ3v) is 6.12. The van der Waals surface area contributed by atoms with Crippen molar-refractivity contribution in [1.29, 1.82) is 0 Å². The highest BCUT2D eigenvalue weighted by atomic mass is 19.1. The third kappa shape index (κ3) is 3.57. The number of fused-ring (bicyclic) bond motifs is 1. The molecule has 3 aromatic rings. The van der Waals surface area contributed by atoms with Gasteiger partial charge in [-0.05, 0) is 56.2 Å². The highest BCUT2D eigenvalue weighted by molar-refractivity contribution is 5.95. The largest absolute Gasteiger partial charge is 0.436 e. The monoisotopic (exact) mass is 422 g/mol. The number of carbonyl (C=O) groups excluding carboxylic acids is 2. The summed E-state index contributed by atoms with van der Waals surface area (Å²) in [7, 11) is 0. The molecule has 0 bridgehead atoms. The van der Waals surface area contributed by atoms with Crippen molar-refractivity contribution < 1.29 is 18.4 Å². The second-order valence-corrected chi connectivity index (χ2v) is 8.46. The molecule has 2 N–H and O–H groups in total. The molecule has 5 rings (SSSR count). The van der Waals surface area contributed by atoms with Crippen molar-refractivity contribution in [3.05, 3.63) is 53.8 Å². The fourth-order valence-corrected chi connectivity index (χ4v) is 4.04. The van der Waals surface area contributed by atoms with Crippen LogP contribution in [0.3, 0.4) is 0 Å². The molecule has 1 aromatic heterocycles.